The van der Waals surface area contributed by atoms with E-state index in [1.54, 1.807) is 5.32 Å². The van der Waals surface area contributed by atoms with Crippen LogP contribution < -0.4 is 10.2 Å². The van der Waals surface area contributed by atoms with Crippen LogP contribution in [0.5, 0.6) is 0 Å². The molecule has 0 bridgehead atoms. The molecular formula is C26H13BrF14N2O2. The van der Waals surface area contributed by atoms with Gasteiger partial charge in [-0.05, 0) is 58.4 Å². The molecule has 0 radical (unpaired) electrons. The van der Waals surface area contributed by atoms with Crippen LogP contribution in [0.25, 0.3) is 0 Å². The van der Waals surface area contributed by atoms with Gasteiger partial charge in [-0.2, -0.15) is 48.3 Å². The largest absolute Gasteiger partial charge is 0.457 e. The van der Waals surface area contributed by atoms with E-state index in [9.17, 15) is 71.1 Å². The Hall–Kier alpha value is -3.90. The van der Waals surface area contributed by atoms with Crippen molar-refractivity contribution in [3.8, 4) is 0 Å². The number of nitrogens with zero attached hydrogens (tertiary/aromatic N) is 1. The molecule has 0 heterocycles. The number of carbonyl (C=O) groups excluding carboxylic acids is 2. The number of halogens is 15. The third-order valence-electron chi connectivity index (χ3n) is 6.19. The van der Waals surface area contributed by atoms with Gasteiger partial charge in [-0.15, -0.1) is 0 Å². The summed E-state index contributed by atoms with van der Waals surface area (Å²) in [6.07, 6.45) is -20.2. The lowest BCUT2D eigenvalue weighted by Gasteiger charge is -2.36. The summed E-state index contributed by atoms with van der Waals surface area (Å²) in [5.74, 6) is -12.6. The van der Waals surface area contributed by atoms with Gasteiger partial charge in [0.25, 0.3) is 11.8 Å². The van der Waals surface area contributed by atoms with Crippen LogP contribution in [0.1, 0.15) is 31.8 Å². The fraction of sp³-hybridized carbons (Fsp3) is 0.231. The zero-order chi connectivity index (χ0) is 34.5. The number of nitrogens with one attached hydrogen (secondary N) is 1. The van der Waals surface area contributed by atoms with Crippen LogP contribution >= 0.6 is 15.9 Å². The van der Waals surface area contributed by atoms with Crippen LogP contribution in [0.4, 0.5) is 72.8 Å². The van der Waals surface area contributed by atoms with Gasteiger partial charge in [-0.25, -0.2) is 13.2 Å². The standard InChI is InChI=1S/C26H13BrF14N2O2/c1-43(21(45)18-16(28)6-3-7-17(18)29)13-5-2-4-11(8-13)20(44)42-19-14(23(31,32)33)9-12(10-15(19)27)22(30,25(36,37)38)24(34,35)26(39,40)41/h2-10H,1H3,(H,42,44). The quantitative estimate of drug-likeness (QED) is 0.257. The molecule has 19 heteroatoms. The third-order valence-corrected chi connectivity index (χ3v) is 6.81. The van der Waals surface area contributed by atoms with Crippen LogP contribution in [-0.2, 0) is 11.8 Å². The second-order valence-electron chi connectivity index (χ2n) is 9.07. The molecule has 4 nitrogen and oxygen atoms in total. The van der Waals surface area contributed by atoms with Gasteiger partial charge in [0.2, 0.25) is 0 Å². The Kier molecular flexibility index (Phi) is 9.32. The molecule has 0 saturated carbocycles. The maximum absolute atomic E-state index is 14.9. The summed E-state index contributed by atoms with van der Waals surface area (Å²) in [6.45, 7) is 0. The number of rotatable bonds is 6. The van der Waals surface area contributed by atoms with E-state index in [2.05, 4.69) is 15.9 Å². The molecule has 0 aromatic heterocycles. The van der Waals surface area contributed by atoms with E-state index in [-0.39, 0.29) is 5.69 Å². The van der Waals surface area contributed by atoms with Crippen molar-refractivity contribution in [2.75, 3.05) is 17.3 Å². The summed E-state index contributed by atoms with van der Waals surface area (Å²) >= 11 is 2.27. The molecule has 1 N–H and O–H groups in total. The lowest BCUT2D eigenvalue weighted by Crippen LogP contribution is -2.59. The van der Waals surface area contributed by atoms with Gasteiger partial charge in [0.1, 0.15) is 17.2 Å². The molecule has 3 rings (SSSR count). The highest BCUT2D eigenvalue weighted by Gasteiger charge is 2.82. The number of hydrogen-bond acceptors (Lipinski definition) is 2. The SMILES string of the molecule is CN(C(=O)c1c(F)cccc1F)c1cccc(C(=O)Nc2c(Br)cc(C(F)(C(F)(F)F)C(F)(F)C(F)(F)F)cc2C(F)(F)F)c1. The van der Waals surface area contributed by atoms with Crippen molar-refractivity contribution in [1.82, 2.24) is 0 Å². The summed E-state index contributed by atoms with van der Waals surface area (Å²) in [5, 5.41) is 1.59. The minimum absolute atomic E-state index is 0.262. The second kappa shape index (κ2) is 11.8. The van der Waals surface area contributed by atoms with E-state index in [1.165, 1.54) is 0 Å². The molecule has 0 fully saturated rings. The van der Waals surface area contributed by atoms with Crippen molar-refractivity contribution in [3.63, 3.8) is 0 Å². The Morgan fingerprint density at radius 3 is 1.78 bits per heavy atom. The highest BCUT2D eigenvalue weighted by atomic mass is 79.9. The van der Waals surface area contributed by atoms with E-state index in [4.69, 9.17) is 0 Å². The Bertz CT molecular complexity index is 1620. The molecule has 0 saturated heterocycles. The van der Waals surface area contributed by atoms with Crippen LogP contribution in [0, 0.1) is 11.6 Å². The molecule has 3 aromatic rings. The first-order valence-electron chi connectivity index (χ1n) is 11.6. The molecule has 1 atom stereocenters. The summed E-state index contributed by atoms with van der Waals surface area (Å²) in [5.41, 5.74) is -15.3. The molecule has 0 spiro atoms. The minimum atomic E-state index is -7.28. The van der Waals surface area contributed by atoms with Gasteiger partial charge in [0.15, 0.2) is 0 Å². The molecule has 0 aliphatic rings. The van der Waals surface area contributed by atoms with Gasteiger partial charge in [0, 0.05) is 28.3 Å². The van der Waals surface area contributed by atoms with Crippen molar-refractivity contribution < 1.29 is 71.1 Å². The number of hydrogen-bond donors (Lipinski definition) is 1. The Morgan fingerprint density at radius 2 is 1.29 bits per heavy atom. The minimum Gasteiger partial charge on any atom is -0.320 e. The highest BCUT2D eigenvalue weighted by Crippen LogP contribution is 2.59. The van der Waals surface area contributed by atoms with Crippen LogP contribution in [0.15, 0.2) is 59.1 Å². The lowest BCUT2D eigenvalue weighted by molar-refractivity contribution is -0.389. The van der Waals surface area contributed by atoms with Crippen LogP contribution in [-0.4, -0.2) is 37.1 Å². The zero-order valence-electron chi connectivity index (χ0n) is 21.6. The van der Waals surface area contributed by atoms with Crippen molar-refractivity contribution >= 4 is 39.1 Å². The fourth-order valence-corrected chi connectivity index (χ4v) is 4.46. The van der Waals surface area contributed by atoms with E-state index >= 15 is 0 Å². The second-order valence-corrected chi connectivity index (χ2v) is 9.93. The molecule has 244 valence electrons. The van der Waals surface area contributed by atoms with E-state index in [1.807, 2.05) is 0 Å². The summed E-state index contributed by atoms with van der Waals surface area (Å²) in [4.78, 5) is 26.2. The summed E-state index contributed by atoms with van der Waals surface area (Å²) < 4.78 is 190. The van der Waals surface area contributed by atoms with Crippen molar-refractivity contribution in [3.05, 3.63) is 93.0 Å². The van der Waals surface area contributed by atoms with E-state index < -0.39 is 98.1 Å². The maximum Gasteiger partial charge on any atom is 0.457 e. The summed E-state index contributed by atoms with van der Waals surface area (Å²) in [7, 11) is 1.00. The van der Waals surface area contributed by atoms with E-state index in [0.29, 0.717) is 4.90 Å². The maximum atomic E-state index is 14.9. The fourth-order valence-electron chi connectivity index (χ4n) is 3.90. The monoisotopic (exact) mass is 730 g/mol. The summed E-state index contributed by atoms with van der Waals surface area (Å²) in [6, 6.07) is 5.02. The predicted molar refractivity (Wildman–Crippen MR) is 132 cm³/mol. The molecule has 3 aromatic carbocycles. The zero-order valence-corrected chi connectivity index (χ0v) is 23.2. The van der Waals surface area contributed by atoms with Gasteiger partial charge >= 0.3 is 30.1 Å². The predicted octanol–water partition coefficient (Wildman–Crippen LogP) is 9.20. The number of carbonyl (C=O) groups is 2. The highest BCUT2D eigenvalue weighted by molar-refractivity contribution is 9.10. The first kappa shape index (κ1) is 35.6. The van der Waals surface area contributed by atoms with Crippen molar-refractivity contribution in [2.24, 2.45) is 0 Å². The average molecular weight is 731 g/mol. The normalized spacial score (nSPS) is 14.1. The number of anilines is 2. The topological polar surface area (TPSA) is 49.4 Å². The first-order chi connectivity index (χ1) is 20.4. The molecule has 1 unspecified atom stereocenters. The van der Waals surface area contributed by atoms with Gasteiger partial charge < -0.3 is 10.2 Å². The lowest BCUT2D eigenvalue weighted by atomic mass is 9.86. The number of alkyl halides is 12. The number of amides is 2. The average Bonchev–Trinajstić information content (AvgIpc) is 2.90. The molecular weight excluding hydrogens is 718 g/mol. The molecule has 0 aliphatic carbocycles. The van der Waals surface area contributed by atoms with Crippen LogP contribution in [0.2, 0.25) is 0 Å². The smallest absolute Gasteiger partial charge is 0.320 e. The van der Waals surface area contributed by atoms with Crippen LogP contribution in [0.3, 0.4) is 0 Å². The van der Waals surface area contributed by atoms with Gasteiger partial charge in [-0.1, -0.05) is 12.1 Å². The van der Waals surface area contributed by atoms with Crippen molar-refractivity contribution in [1.29, 1.82) is 0 Å². The Labute approximate surface area is 250 Å². The van der Waals surface area contributed by atoms with Gasteiger partial charge in [0.05, 0.1) is 11.3 Å². The van der Waals surface area contributed by atoms with Gasteiger partial charge in [-0.3, -0.25) is 9.59 Å². The Morgan fingerprint density at radius 1 is 0.756 bits per heavy atom. The van der Waals surface area contributed by atoms with Crippen molar-refractivity contribution in [2.45, 2.75) is 30.1 Å². The first-order valence-corrected chi connectivity index (χ1v) is 12.4. The molecule has 2 amide bonds. The molecule has 0 aliphatic heterocycles. The third kappa shape index (κ3) is 6.44. The molecule has 45 heavy (non-hydrogen) atoms. The number of benzene rings is 3. The Balaban J connectivity index is 2.09. The van der Waals surface area contributed by atoms with E-state index in [0.717, 1.165) is 49.5 Å².